The highest BCUT2D eigenvalue weighted by Crippen LogP contribution is 2.24. The van der Waals surface area contributed by atoms with Gasteiger partial charge in [0.25, 0.3) is 0 Å². The maximum absolute atomic E-state index is 13.7. The van der Waals surface area contributed by atoms with E-state index in [1.165, 1.54) is 12.3 Å². The third-order valence-corrected chi connectivity index (χ3v) is 2.57. The van der Waals surface area contributed by atoms with E-state index in [9.17, 15) is 4.39 Å². The number of aromatic nitrogens is 1. The molecule has 0 aliphatic carbocycles. The van der Waals surface area contributed by atoms with E-state index in [2.05, 4.69) is 4.98 Å². The van der Waals surface area contributed by atoms with E-state index in [1.807, 2.05) is 18.7 Å². The van der Waals surface area contributed by atoms with Gasteiger partial charge in [-0.3, -0.25) is 0 Å². The molecule has 4 nitrogen and oxygen atoms in total. The van der Waals surface area contributed by atoms with Gasteiger partial charge in [0.1, 0.15) is 0 Å². The molecule has 1 fully saturated rings. The lowest BCUT2D eigenvalue weighted by Gasteiger charge is -2.38. The Bertz CT molecular complexity index is 395. The van der Waals surface area contributed by atoms with Gasteiger partial charge < -0.3 is 15.4 Å². The molecule has 1 aliphatic heterocycles. The zero-order chi connectivity index (χ0) is 11.8. The highest BCUT2D eigenvalue weighted by Gasteiger charge is 2.29. The number of halogens is 1. The molecule has 0 atom stereocenters. The molecule has 0 spiro atoms. The fourth-order valence-corrected chi connectivity index (χ4v) is 1.88. The topological polar surface area (TPSA) is 51.4 Å². The minimum atomic E-state index is -0.377. The van der Waals surface area contributed by atoms with Gasteiger partial charge in [-0.25, -0.2) is 9.37 Å². The summed E-state index contributed by atoms with van der Waals surface area (Å²) < 4.78 is 19.2. The van der Waals surface area contributed by atoms with Crippen LogP contribution in [-0.4, -0.2) is 30.3 Å². The molecular formula is C11H16FN3O. The van der Waals surface area contributed by atoms with Crippen LogP contribution in [0, 0.1) is 5.82 Å². The SMILES string of the molecule is CC1(C)CN(c2ncc(N)cc2F)CCO1. The zero-order valence-corrected chi connectivity index (χ0v) is 9.53. The second-order valence-corrected chi connectivity index (χ2v) is 4.60. The Morgan fingerprint density at radius 3 is 2.94 bits per heavy atom. The molecule has 16 heavy (non-hydrogen) atoms. The number of rotatable bonds is 1. The normalized spacial score (nSPS) is 19.8. The smallest absolute Gasteiger partial charge is 0.167 e. The zero-order valence-electron chi connectivity index (χ0n) is 9.53. The Labute approximate surface area is 94.2 Å². The van der Waals surface area contributed by atoms with Gasteiger partial charge in [0, 0.05) is 19.2 Å². The molecular weight excluding hydrogens is 209 g/mol. The lowest BCUT2D eigenvalue weighted by molar-refractivity contribution is -0.0280. The highest BCUT2D eigenvalue weighted by molar-refractivity contribution is 5.47. The third kappa shape index (κ3) is 2.24. The van der Waals surface area contributed by atoms with Crippen molar-refractivity contribution in [2.45, 2.75) is 19.4 Å². The third-order valence-electron chi connectivity index (χ3n) is 2.57. The number of nitrogens with zero attached hydrogens (tertiary/aromatic N) is 2. The summed E-state index contributed by atoms with van der Waals surface area (Å²) in [5.74, 6) is -0.0247. The number of anilines is 2. The van der Waals surface area contributed by atoms with E-state index in [-0.39, 0.29) is 11.4 Å². The minimum absolute atomic E-state index is 0.270. The fraction of sp³-hybridized carbons (Fsp3) is 0.545. The molecule has 1 aromatic rings. The molecule has 2 rings (SSSR count). The van der Waals surface area contributed by atoms with E-state index in [1.54, 1.807) is 0 Å². The first kappa shape index (κ1) is 11.1. The maximum atomic E-state index is 13.7. The van der Waals surface area contributed by atoms with Gasteiger partial charge in [-0.2, -0.15) is 0 Å². The van der Waals surface area contributed by atoms with Crippen LogP contribution < -0.4 is 10.6 Å². The van der Waals surface area contributed by atoms with E-state index in [4.69, 9.17) is 10.5 Å². The van der Waals surface area contributed by atoms with Crippen molar-refractivity contribution in [1.29, 1.82) is 0 Å². The van der Waals surface area contributed by atoms with Gasteiger partial charge in [-0.1, -0.05) is 0 Å². The van der Waals surface area contributed by atoms with Crippen LogP contribution in [-0.2, 0) is 4.74 Å². The van der Waals surface area contributed by atoms with Crippen LogP contribution in [0.2, 0.25) is 0 Å². The lowest BCUT2D eigenvalue weighted by Crippen LogP contribution is -2.48. The van der Waals surface area contributed by atoms with Crippen molar-refractivity contribution in [2.24, 2.45) is 0 Å². The van der Waals surface area contributed by atoms with Crippen molar-refractivity contribution in [2.75, 3.05) is 30.3 Å². The molecule has 0 unspecified atom stereocenters. The average Bonchev–Trinajstić information content (AvgIpc) is 2.15. The molecule has 1 aromatic heterocycles. The van der Waals surface area contributed by atoms with E-state index in [0.717, 1.165) is 0 Å². The molecule has 2 heterocycles. The lowest BCUT2D eigenvalue weighted by atomic mass is 10.1. The summed E-state index contributed by atoms with van der Waals surface area (Å²) in [4.78, 5) is 5.92. The monoisotopic (exact) mass is 225 g/mol. The van der Waals surface area contributed by atoms with Crippen molar-refractivity contribution in [3.63, 3.8) is 0 Å². The molecule has 2 N–H and O–H groups in total. The van der Waals surface area contributed by atoms with Gasteiger partial charge >= 0.3 is 0 Å². The predicted octanol–water partition coefficient (Wildman–Crippen LogP) is 1.42. The number of nitrogens with two attached hydrogens (primary N) is 1. The Balaban J connectivity index is 2.23. The van der Waals surface area contributed by atoms with Crippen LogP contribution in [0.3, 0.4) is 0 Å². The van der Waals surface area contributed by atoms with Crippen molar-refractivity contribution >= 4 is 11.5 Å². The Morgan fingerprint density at radius 2 is 2.31 bits per heavy atom. The van der Waals surface area contributed by atoms with Crippen molar-refractivity contribution in [3.8, 4) is 0 Å². The van der Waals surface area contributed by atoms with Gasteiger partial charge in [-0.15, -0.1) is 0 Å². The van der Waals surface area contributed by atoms with Gasteiger partial charge in [0.15, 0.2) is 11.6 Å². The molecule has 0 radical (unpaired) electrons. The average molecular weight is 225 g/mol. The molecule has 88 valence electrons. The maximum Gasteiger partial charge on any atom is 0.167 e. The summed E-state index contributed by atoms with van der Waals surface area (Å²) in [6, 6.07) is 1.30. The van der Waals surface area contributed by atoms with Gasteiger partial charge in [0.05, 0.1) is 24.1 Å². The number of morpholine rings is 1. The number of ether oxygens (including phenoxy) is 1. The first-order valence-corrected chi connectivity index (χ1v) is 5.28. The summed E-state index contributed by atoms with van der Waals surface area (Å²) >= 11 is 0. The first-order valence-electron chi connectivity index (χ1n) is 5.28. The van der Waals surface area contributed by atoms with Crippen LogP contribution >= 0.6 is 0 Å². The minimum Gasteiger partial charge on any atom is -0.397 e. The number of pyridine rings is 1. The fourth-order valence-electron chi connectivity index (χ4n) is 1.88. The van der Waals surface area contributed by atoms with Crippen LogP contribution in [0.5, 0.6) is 0 Å². The highest BCUT2D eigenvalue weighted by atomic mass is 19.1. The number of nitrogen functional groups attached to an aromatic ring is 1. The van der Waals surface area contributed by atoms with Gasteiger partial charge in [-0.05, 0) is 13.8 Å². The van der Waals surface area contributed by atoms with Crippen LogP contribution in [0.1, 0.15) is 13.8 Å². The summed E-state index contributed by atoms with van der Waals surface area (Å²) in [6.45, 7) is 5.82. The second kappa shape index (κ2) is 3.90. The Hall–Kier alpha value is -1.36. The first-order chi connectivity index (χ1) is 7.48. The van der Waals surface area contributed by atoms with E-state index >= 15 is 0 Å². The molecule has 0 saturated carbocycles. The summed E-state index contributed by atoms with van der Waals surface area (Å²) in [7, 11) is 0. The largest absolute Gasteiger partial charge is 0.397 e. The predicted molar refractivity (Wildman–Crippen MR) is 60.9 cm³/mol. The van der Waals surface area contributed by atoms with Crippen molar-refractivity contribution in [1.82, 2.24) is 4.98 Å². The molecule has 0 aromatic carbocycles. The molecule has 0 amide bonds. The molecule has 0 bridgehead atoms. The Morgan fingerprint density at radius 1 is 1.56 bits per heavy atom. The number of hydrogen-bond acceptors (Lipinski definition) is 4. The van der Waals surface area contributed by atoms with E-state index in [0.29, 0.717) is 31.2 Å². The summed E-state index contributed by atoms with van der Waals surface area (Å²) in [6.07, 6.45) is 1.47. The van der Waals surface area contributed by atoms with Crippen molar-refractivity contribution in [3.05, 3.63) is 18.1 Å². The van der Waals surface area contributed by atoms with Gasteiger partial charge in [0.2, 0.25) is 0 Å². The van der Waals surface area contributed by atoms with Crippen LogP contribution in [0.4, 0.5) is 15.9 Å². The second-order valence-electron chi connectivity index (χ2n) is 4.60. The molecule has 5 heteroatoms. The molecule has 1 saturated heterocycles. The summed E-state index contributed by atoms with van der Waals surface area (Å²) in [5.41, 5.74) is 5.54. The Kier molecular flexibility index (Phi) is 2.71. The van der Waals surface area contributed by atoms with Crippen LogP contribution in [0.15, 0.2) is 12.3 Å². The van der Waals surface area contributed by atoms with Crippen LogP contribution in [0.25, 0.3) is 0 Å². The standard InChI is InChI=1S/C11H16FN3O/c1-11(2)7-15(3-4-16-11)10-9(12)5-8(13)6-14-10/h5-6H,3-4,7,13H2,1-2H3. The van der Waals surface area contributed by atoms with Crippen molar-refractivity contribution < 1.29 is 9.13 Å². The summed E-state index contributed by atoms with van der Waals surface area (Å²) in [5, 5.41) is 0. The number of hydrogen-bond donors (Lipinski definition) is 1. The van der Waals surface area contributed by atoms with E-state index < -0.39 is 0 Å². The quantitative estimate of drug-likeness (QED) is 0.785. The molecule has 1 aliphatic rings.